The van der Waals surface area contributed by atoms with Crippen LogP contribution in [0.15, 0.2) is 237 Å². The topological polar surface area (TPSA) is 581 Å². The fourth-order valence-corrected chi connectivity index (χ4v) is 13.4. The summed E-state index contributed by atoms with van der Waals surface area (Å²) in [6.45, 7) is 16.3. The Labute approximate surface area is 857 Å². The molecule has 42 nitrogen and oxygen atoms in total. The monoisotopic (exact) mass is 2050 g/mol. The van der Waals surface area contributed by atoms with Gasteiger partial charge in [-0.25, -0.2) is 24.0 Å². The van der Waals surface area contributed by atoms with E-state index in [1.807, 2.05) is 0 Å². The van der Waals surface area contributed by atoms with Crippen LogP contribution in [0, 0.1) is 0 Å². The van der Waals surface area contributed by atoms with Gasteiger partial charge in [-0.05, 0) is 171 Å². The van der Waals surface area contributed by atoms with Crippen LogP contribution < -0.4 is 63.8 Å². The van der Waals surface area contributed by atoms with Crippen LogP contribution in [0.3, 0.4) is 0 Å². The van der Waals surface area contributed by atoms with Gasteiger partial charge in [0.15, 0.2) is 0 Å². The molecule has 786 valence electrons. The van der Waals surface area contributed by atoms with Crippen LogP contribution in [0.2, 0.25) is 0 Å². The van der Waals surface area contributed by atoms with Gasteiger partial charge in [0, 0.05) is 45.3 Å². The van der Waals surface area contributed by atoms with E-state index in [2.05, 4.69) is 63.8 Å². The Kier molecular flexibility index (Phi) is 42.1. The van der Waals surface area contributed by atoms with Gasteiger partial charge in [0.1, 0.15) is 98.3 Å². The zero-order chi connectivity index (χ0) is 109. The number of hydrogen-bond donors (Lipinski definition) is 13. The number of anilines is 6. The molecule has 12 amide bonds. The number of amides is 12. The maximum Gasteiger partial charge on any atom is 0.408 e. The molecule has 149 heavy (non-hydrogen) atoms. The number of nitrogens with one attached hydrogen (secondary N) is 12. The van der Waals surface area contributed by atoms with E-state index in [0.717, 1.165) is 54.6 Å². The van der Waals surface area contributed by atoms with E-state index in [-0.39, 0.29) is 26.4 Å². The van der Waals surface area contributed by atoms with Crippen molar-refractivity contribution in [3.05, 3.63) is 287 Å². The summed E-state index contributed by atoms with van der Waals surface area (Å²) in [4.78, 5) is 270. The molecule has 9 rings (SSSR count). The van der Waals surface area contributed by atoms with Crippen LogP contribution in [0.4, 0.5) is 53.3 Å². The second-order valence-electron chi connectivity index (χ2n) is 37.6. The highest BCUT2D eigenvalue weighted by molar-refractivity contribution is 6.10. The molecule has 0 heterocycles. The summed E-state index contributed by atoms with van der Waals surface area (Å²) in [6, 6.07) is 46.9. The number of hydrogen-bond acceptors (Lipinski definition) is 29. The minimum Gasteiger partial charge on any atom is -0.478 e. The van der Waals surface area contributed by atoms with Crippen LogP contribution in [-0.2, 0) is 145 Å². The average molecular weight is 2050 g/mol. The average Bonchev–Trinajstić information content (AvgIpc) is 0.820. The van der Waals surface area contributed by atoms with Crippen LogP contribution in [-0.4, -0.2) is 177 Å². The summed E-state index contributed by atoms with van der Waals surface area (Å²) in [6.07, 6.45) is -10.3. The fourth-order valence-electron chi connectivity index (χ4n) is 13.4. The summed E-state index contributed by atoms with van der Waals surface area (Å²) < 4.78 is 54.8. The second kappa shape index (κ2) is 54.7. The van der Waals surface area contributed by atoms with Gasteiger partial charge in [0.25, 0.3) is 11.8 Å². The number of benzene rings is 9. The summed E-state index contributed by atoms with van der Waals surface area (Å²) in [5.74, 6) is -18.1. The maximum absolute atomic E-state index is 15.3. The van der Waals surface area contributed by atoms with Gasteiger partial charge in [-0.15, -0.1) is 0 Å². The molecule has 6 atom stereocenters. The molecule has 0 aliphatic rings. The number of aromatic carboxylic acids is 1. The van der Waals surface area contributed by atoms with Gasteiger partial charge in [0.05, 0.1) is 44.1 Å². The predicted molar refractivity (Wildman–Crippen MR) is 538 cm³/mol. The Morgan fingerprint density at radius 2 is 0.376 bits per heavy atom. The highest BCUT2D eigenvalue weighted by atomic mass is 16.6. The third kappa shape index (κ3) is 42.5. The van der Waals surface area contributed by atoms with E-state index in [9.17, 15) is 77.0 Å². The molecule has 13 N–H and O–H groups in total. The number of carbonyl (C=O) groups excluding carboxylic acids is 18. The van der Waals surface area contributed by atoms with Gasteiger partial charge in [-0.2, -0.15) is 0 Å². The molecule has 0 bridgehead atoms. The highest BCUT2D eigenvalue weighted by Crippen LogP contribution is 2.28. The SMILES string of the molecule is CC(C)(C)OC(=O)N[C@@H](CC(=O)OCc1ccccc1)C(=O)Nc1cc(NC(=O)[C@H](CC(=O)OCc2ccccc2)NC(=O)OC(C)(C)C)cc(C(=O)N[C@@H](CC(=O)OCc2ccccc2)C(=O)Nc2cc(NC(=O)[C@H](CC(=O)OCc3ccccc3)NC(=O)c3cc(NC(=O)[C@H](CC(=O)OCc4ccccc4)NC(=O)OC(C)(C)C)cc(NC(=O)[C@H](CC(=O)OCc4ccccc4)NC(=O)OC(C)(C)C)c3)cc(C(=O)O)c2)c1. The van der Waals surface area contributed by atoms with Gasteiger partial charge >= 0.3 is 66.2 Å². The lowest BCUT2D eigenvalue weighted by Crippen LogP contribution is -2.47. The fraction of sp³-hybridized carbons (Fsp3) is 0.318. The van der Waals surface area contributed by atoms with Crippen molar-refractivity contribution in [2.75, 3.05) is 31.9 Å². The minimum atomic E-state index is -2.13. The van der Waals surface area contributed by atoms with Crippen LogP contribution in [0.25, 0.3) is 0 Å². The van der Waals surface area contributed by atoms with Crippen molar-refractivity contribution in [2.45, 2.75) is 220 Å². The van der Waals surface area contributed by atoms with E-state index < -0.39 is 275 Å². The molecule has 0 fully saturated rings. The number of carboxylic acids is 1. The van der Waals surface area contributed by atoms with Crippen molar-refractivity contribution in [3.63, 3.8) is 0 Å². The van der Waals surface area contributed by atoms with E-state index in [0.29, 0.717) is 33.4 Å². The maximum atomic E-state index is 15.3. The molecule has 42 heteroatoms. The standard InChI is InChI=1S/C107H118N12O30/c1-104(2,3)146-100(136)116-81(54-87(122)142-60-66-35-23-15-24-36-66)95(130)108-73-43-70(44-74(49-73)109-96(131)82(117-101(137)147-105(4,5)6)55-88(123)143-61-67-37-25-16-26-38-67)91(126)114-79(52-85(120)140-58-64-31-19-13-20-32-64)93(128)112-77-47-72(99(134)135)48-78(51-77)113-94(129)80(53-86(121)141-59-65-33-21-14-22-34-65)115-92(127)71-45-75(110-97(132)83(118-102(138)148-106(7,8)9)56-89(124)144-62-68-39-27-17-28-40-68)50-76(46-71)111-98(133)84(119-103(139)149-107(10,11)12)57-90(125)145-63-69-41-29-18-30-42-69/h13-51,79-84H,52-63H2,1-12H3,(H,108,130)(H,109,131)(H,110,132)(H,111,133)(H,112,128)(H,113,129)(H,114,126)(H,115,127)(H,116,136)(H,117,137)(H,118,138)(H,119,139)(H,134,135)/t79-,80-,81-,82-,83-,84-/m0/s1. The van der Waals surface area contributed by atoms with E-state index in [1.165, 1.54) is 83.1 Å². The minimum absolute atomic E-state index is 0.273. The quantitative estimate of drug-likeness (QED) is 0.0124. The summed E-state index contributed by atoms with van der Waals surface area (Å²) in [5.41, 5.74) is -6.21. The first kappa shape index (κ1) is 115. The van der Waals surface area contributed by atoms with Crippen LogP contribution in [0.1, 0.15) is 186 Å². The number of esters is 6. The van der Waals surface area contributed by atoms with Gasteiger partial charge < -0.3 is 116 Å². The van der Waals surface area contributed by atoms with Crippen molar-refractivity contribution in [1.29, 1.82) is 0 Å². The molecule has 0 spiro atoms. The zero-order valence-electron chi connectivity index (χ0n) is 83.8. The van der Waals surface area contributed by atoms with Crippen molar-refractivity contribution in [1.82, 2.24) is 31.9 Å². The van der Waals surface area contributed by atoms with Crippen molar-refractivity contribution >= 4 is 148 Å². The normalized spacial score (nSPS) is 12.3. The Hall–Kier alpha value is -17.9. The molecule has 0 radical (unpaired) electrons. The van der Waals surface area contributed by atoms with Gasteiger partial charge in [-0.3, -0.25) is 67.1 Å². The summed E-state index contributed by atoms with van der Waals surface area (Å²) >= 11 is 0. The molecule has 9 aromatic rings. The van der Waals surface area contributed by atoms with E-state index in [1.54, 1.807) is 182 Å². The number of carbonyl (C=O) groups is 19. The lowest BCUT2D eigenvalue weighted by Gasteiger charge is -2.24. The van der Waals surface area contributed by atoms with Gasteiger partial charge in [0.2, 0.25) is 35.4 Å². The second-order valence-corrected chi connectivity index (χ2v) is 37.6. The molecular formula is C107H118N12O30. The van der Waals surface area contributed by atoms with E-state index >= 15 is 19.2 Å². The third-order valence-electron chi connectivity index (χ3n) is 20.1. The molecule has 0 saturated heterocycles. The Morgan fingerprint density at radius 3 is 0.530 bits per heavy atom. The molecule has 0 aromatic heterocycles. The molecule has 0 saturated carbocycles. The first-order chi connectivity index (χ1) is 70.4. The Bertz CT molecular complexity index is 5660. The first-order valence-electron chi connectivity index (χ1n) is 46.8. The predicted octanol–water partition coefficient (Wildman–Crippen LogP) is 13.0. The Morgan fingerprint density at radius 1 is 0.221 bits per heavy atom. The highest BCUT2D eigenvalue weighted by Gasteiger charge is 2.37. The zero-order valence-corrected chi connectivity index (χ0v) is 83.8. The van der Waals surface area contributed by atoms with Crippen LogP contribution >= 0.6 is 0 Å². The van der Waals surface area contributed by atoms with Crippen molar-refractivity contribution < 1.29 is 144 Å². The van der Waals surface area contributed by atoms with E-state index in [4.69, 9.17) is 47.4 Å². The lowest BCUT2D eigenvalue weighted by molar-refractivity contribution is -0.147. The summed E-state index contributed by atoms with van der Waals surface area (Å²) in [7, 11) is 0. The third-order valence-corrected chi connectivity index (χ3v) is 20.1. The Balaban J connectivity index is 1.09. The molecule has 0 aliphatic heterocycles. The molecular weight excluding hydrogens is 1930 g/mol. The number of carboxylic acid groups (broad SMARTS) is 1. The number of ether oxygens (including phenoxy) is 10. The van der Waals surface area contributed by atoms with Crippen molar-refractivity contribution in [2.24, 2.45) is 0 Å². The first-order valence-corrected chi connectivity index (χ1v) is 46.8. The molecule has 0 aliphatic carbocycles. The largest absolute Gasteiger partial charge is 0.478 e. The molecule has 9 aromatic carbocycles. The number of alkyl carbamates (subject to hydrolysis) is 4. The smallest absolute Gasteiger partial charge is 0.408 e. The molecule has 0 unspecified atom stereocenters. The summed E-state index contributed by atoms with van der Waals surface area (Å²) in [5, 5.41) is 39.8. The lowest BCUT2D eigenvalue weighted by atomic mass is 10.1. The van der Waals surface area contributed by atoms with Gasteiger partial charge in [-0.1, -0.05) is 182 Å². The number of rotatable bonds is 45. The van der Waals surface area contributed by atoms with Crippen molar-refractivity contribution in [3.8, 4) is 0 Å². The van der Waals surface area contributed by atoms with Crippen LogP contribution in [0.5, 0.6) is 0 Å².